The minimum atomic E-state index is -0.596. The lowest BCUT2D eigenvalue weighted by atomic mass is 10.3. The van der Waals surface area contributed by atoms with Crippen molar-refractivity contribution in [1.82, 2.24) is 5.32 Å². The van der Waals surface area contributed by atoms with Crippen LogP contribution in [0, 0.1) is 0 Å². The number of hydrogen-bond acceptors (Lipinski definition) is 5. The van der Waals surface area contributed by atoms with Crippen LogP contribution in [0.2, 0.25) is 0 Å². The Morgan fingerprint density at radius 1 is 1.25 bits per heavy atom. The van der Waals surface area contributed by atoms with Crippen LogP contribution in [0.15, 0.2) is 24.3 Å². The van der Waals surface area contributed by atoms with E-state index in [1.165, 1.54) is 0 Å². The standard InChI is InChI=1S/C14H21NO5/c1-11(14(17)15-7-9-19-10-8-16)20-13-5-3-12(18-2)4-6-13/h3-6,11,16H,7-10H2,1-2H3,(H,15,17). The molecule has 6 heteroatoms. The van der Waals surface area contributed by atoms with E-state index in [0.717, 1.165) is 5.75 Å². The first-order valence-corrected chi connectivity index (χ1v) is 6.44. The lowest BCUT2D eigenvalue weighted by Gasteiger charge is -2.15. The number of carbonyl (C=O) groups excluding carboxylic acids is 1. The Kier molecular flexibility index (Phi) is 7.46. The smallest absolute Gasteiger partial charge is 0.260 e. The maximum absolute atomic E-state index is 11.7. The molecule has 0 saturated carbocycles. The third-order valence-corrected chi connectivity index (χ3v) is 2.52. The number of nitrogens with one attached hydrogen (secondary N) is 1. The summed E-state index contributed by atoms with van der Waals surface area (Å²) >= 11 is 0. The number of aliphatic hydroxyl groups is 1. The van der Waals surface area contributed by atoms with Crippen molar-refractivity contribution in [2.75, 3.05) is 33.5 Å². The van der Waals surface area contributed by atoms with Crippen molar-refractivity contribution < 1.29 is 24.1 Å². The van der Waals surface area contributed by atoms with Crippen LogP contribution in [-0.2, 0) is 9.53 Å². The summed E-state index contributed by atoms with van der Waals surface area (Å²) in [4.78, 5) is 11.7. The van der Waals surface area contributed by atoms with Gasteiger partial charge in [0.15, 0.2) is 6.10 Å². The van der Waals surface area contributed by atoms with Crippen LogP contribution in [0.4, 0.5) is 0 Å². The molecule has 1 aromatic carbocycles. The van der Waals surface area contributed by atoms with Crippen LogP contribution < -0.4 is 14.8 Å². The van der Waals surface area contributed by atoms with E-state index in [9.17, 15) is 4.79 Å². The van der Waals surface area contributed by atoms with E-state index in [2.05, 4.69) is 5.32 Å². The van der Waals surface area contributed by atoms with Gasteiger partial charge in [0.2, 0.25) is 0 Å². The fourth-order valence-electron chi connectivity index (χ4n) is 1.47. The molecule has 6 nitrogen and oxygen atoms in total. The van der Waals surface area contributed by atoms with E-state index in [4.69, 9.17) is 19.3 Å². The molecule has 0 aromatic heterocycles. The van der Waals surface area contributed by atoms with E-state index >= 15 is 0 Å². The van der Waals surface area contributed by atoms with Gasteiger partial charge in [0.25, 0.3) is 5.91 Å². The van der Waals surface area contributed by atoms with Crippen molar-refractivity contribution in [3.63, 3.8) is 0 Å². The average Bonchev–Trinajstić information content (AvgIpc) is 2.47. The monoisotopic (exact) mass is 283 g/mol. The Morgan fingerprint density at radius 2 is 1.90 bits per heavy atom. The molecule has 0 aliphatic heterocycles. The van der Waals surface area contributed by atoms with E-state index in [0.29, 0.717) is 18.9 Å². The normalized spacial score (nSPS) is 11.8. The van der Waals surface area contributed by atoms with Crippen molar-refractivity contribution in [2.24, 2.45) is 0 Å². The predicted octanol–water partition coefficient (Wildman–Crippen LogP) is 0.588. The molecule has 20 heavy (non-hydrogen) atoms. The number of carbonyl (C=O) groups is 1. The molecule has 1 atom stereocenters. The summed E-state index contributed by atoms with van der Waals surface area (Å²) in [5, 5.41) is 11.2. The number of rotatable bonds is 9. The zero-order valence-electron chi connectivity index (χ0n) is 11.8. The first kappa shape index (κ1) is 16.3. The second kappa shape index (κ2) is 9.17. The third-order valence-electron chi connectivity index (χ3n) is 2.52. The number of ether oxygens (including phenoxy) is 3. The summed E-state index contributed by atoms with van der Waals surface area (Å²) in [6.07, 6.45) is -0.596. The lowest BCUT2D eigenvalue weighted by Crippen LogP contribution is -2.38. The second-order valence-corrected chi connectivity index (χ2v) is 4.06. The van der Waals surface area contributed by atoms with Gasteiger partial charge < -0.3 is 24.6 Å². The van der Waals surface area contributed by atoms with E-state index < -0.39 is 6.10 Å². The molecule has 2 N–H and O–H groups in total. The van der Waals surface area contributed by atoms with Gasteiger partial charge in [0.05, 0.1) is 26.9 Å². The summed E-state index contributed by atoms with van der Waals surface area (Å²) in [6, 6.07) is 7.02. The highest BCUT2D eigenvalue weighted by atomic mass is 16.5. The van der Waals surface area contributed by atoms with E-state index in [-0.39, 0.29) is 19.1 Å². The lowest BCUT2D eigenvalue weighted by molar-refractivity contribution is -0.127. The van der Waals surface area contributed by atoms with Crippen LogP contribution in [0.3, 0.4) is 0 Å². The third kappa shape index (κ3) is 5.90. The van der Waals surface area contributed by atoms with Gasteiger partial charge in [-0.1, -0.05) is 0 Å². The average molecular weight is 283 g/mol. The van der Waals surface area contributed by atoms with Crippen molar-refractivity contribution in [1.29, 1.82) is 0 Å². The number of hydrogen-bond donors (Lipinski definition) is 2. The first-order chi connectivity index (χ1) is 9.67. The summed E-state index contributed by atoms with van der Waals surface area (Å²) in [5.74, 6) is 1.12. The van der Waals surface area contributed by atoms with Gasteiger partial charge >= 0.3 is 0 Å². The molecule has 0 spiro atoms. The molecule has 1 rings (SSSR count). The summed E-state index contributed by atoms with van der Waals surface area (Å²) in [5.41, 5.74) is 0. The highest BCUT2D eigenvalue weighted by molar-refractivity contribution is 5.80. The molecule has 1 amide bonds. The van der Waals surface area contributed by atoms with Crippen molar-refractivity contribution in [3.8, 4) is 11.5 Å². The fourth-order valence-corrected chi connectivity index (χ4v) is 1.47. The Bertz CT molecular complexity index is 393. The Hall–Kier alpha value is -1.79. The highest BCUT2D eigenvalue weighted by Crippen LogP contribution is 2.18. The van der Waals surface area contributed by atoms with Crippen LogP contribution in [0.25, 0.3) is 0 Å². The molecule has 0 radical (unpaired) electrons. The van der Waals surface area contributed by atoms with Crippen LogP contribution >= 0.6 is 0 Å². The molecular formula is C14H21NO5. The molecule has 1 aromatic rings. The highest BCUT2D eigenvalue weighted by Gasteiger charge is 2.13. The molecular weight excluding hydrogens is 262 g/mol. The van der Waals surface area contributed by atoms with Gasteiger partial charge in [-0.2, -0.15) is 0 Å². The molecule has 0 bridgehead atoms. The van der Waals surface area contributed by atoms with Gasteiger partial charge in [-0.3, -0.25) is 4.79 Å². The number of aliphatic hydroxyl groups excluding tert-OH is 1. The number of benzene rings is 1. The van der Waals surface area contributed by atoms with Gasteiger partial charge in [-0.25, -0.2) is 0 Å². The SMILES string of the molecule is COc1ccc(OC(C)C(=O)NCCOCCO)cc1. The fraction of sp³-hybridized carbons (Fsp3) is 0.500. The number of methoxy groups -OCH3 is 1. The summed E-state index contributed by atoms with van der Waals surface area (Å²) in [7, 11) is 1.59. The molecule has 0 saturated heterocycles. The van der Waals surface area contributed by atoms with Gasteiger partial charge in [0, 0.05) is 6.54 Å². The number of amides is 1. The van der Waals surface area contributed by atoms with Gasteiger partial charge in [0.1, 0.15) is 11.5 Å². The minimum absolute atomic E-state index is 0.0229. The van der Waals surface area contributed by atoms with Crippen LogP contribution in [0.1, 0.15) is 6.92 Å². The Labute approximate surface area is 118 Å². The van der Waals surface area contributed by atoms with E-state index in [1.54, 1.807) is 38.3 Å². The van der Waals surface area contributed by atoms with Crippen molar-refractivity contribution in [3.05, 3.63) is 24.3 Å². The predicted molar refractivity (Wildman–Crippen MR) is 74.0 cm³/mol. The van der Waals surface area contributed by atoms with Crippen LogP contribution in [0.5, 0.6) is 11.5 Å². The maximum Gasteiger partial charge on any atom is 0.260 e. The van der Waals surface area contributed by atoms with Crippen molar-refractivity contribution >= 4 is 5.91 Å². The minimum Gasteiger partial charge on any atom is -0.497 e. The Morgan fingerprint density at radius 3 is 2.50 bits per heavy atom. The molecule has 1 unspecified atom stereocenters. The van der Waals surface area contributed by atoms with Gasteiger partial charge in [-0.15, -0.1) is 0 Å². The maximum atomic E-state index is 11.7. The molecule has 0 aliphatic carbocycles. The Balaban J connectivity index is 2.29. The van der Waals surface area contributed by atoms with E-state index in [1.807, 2.05) is 0 Å². The van der Waals surface area contributed by atoms with Gasteiger partial charge in [-0.05, 0) is 31.2 Å². The second-order valence-electron chi connectivity index (χ2n) is 4.06. The first-order valence-electron chi connectivity index (χ1n) is 6.44. The molecule has 112 valence electrons. The topological polar surface area (TPSA) is 77.0 Å². The molecule has 0 fully saturated rings. The molecule has 0 heterocycles. The quantitative estimate of drug-likeness (QED) is 0.649. The van der Waals surface area contributed by atoms with Crippen LogP contribution in [-0.4, -0.2) is 50.6 Å². The molecule has 0 aliphatic rings. The van der Waals surface area contributed by atoms with Crippen molar-refractivity contribution in [2.45, 2.75) is 13.0 Å². The largest absolute Gasteiger partial charge is 0.497 e. The zero-order chi connectivity index (χ0) is 14.8. The zero-order valence-corrected chi connectivity index (χ0v) is 11.8. The summed E-state index contributed by atoms with van der Waals surface area (Å²) in [6.45, 7) is 2.67. The summed E-state index contributed by atoms with van der Waals surface area (Å²) < 4.78 is 15.6.